The molecule has 0 radical (unpaired) electrons. The van der Waals surface area contributed by atoms with Gasteiger partial charge >= 0.3 is 0 Å². The lowest BCUT2D eigenvalue weighted by atomic mass is 10.2. The van der Waals surface area contributed by atoms with Crippen LogP contribution in [0.2, 0.25) is 10.0 Å². The van der Waals surface area contributed by atoms with Gasteiger partial charge < -0.3 is 9.47 Å². The zero-order valence-electron chi connectivity index (χ0n) is 20.1. The number of hydrogen-bond acceptors (Lipinski definition) is 5. The van der Waals surface area contributed by atoms with Gasteiger partial charge in [0, 0.05) is 36.5 Å². The molecule has 4 aromatic rings. The third kappa shape index (κ3) is 6.55. The number of unbranched alkanes of at least 4 members (excludes halogenated alkanes) is 1. The summed E-state index contributed by atoms with van der Waals surface area (Å²) in [5.74, 6) is 1.64. The standard InChI is InChI=1S/C27H23Br2Cl2N3O3/c1-3-4-5-26-33-23-9-7-18(28)11-20(23)27(35)34(26)32-14-17-10-24(36-2)25(13-21(17)29)37-15-16-6-8-19(30)12-22(16)31/h6-14H,3-5,15H2,1-2H3. The molecule has 10 heteroatoms. The topological polar surface area (TPSA) is 65.7 Å². The van der Waals surface area contributed by atoms with Crippen LogP contribution in [0.15, 0.2) is 67.4 Å². The first-order valence-electron chi connectivity index (χ1n) is 11.5. The lowest BCUT2D eigenvalue weighted by molar-refractivity contribution is 0.284. The second-order valence-electron chi connectivity index (χ2n) is 8.20. The van der Waals surface area contributed by atoms with Gasteiger partial charge in [0.05, 0.1) is 24.2 Å². The van der Waals surface area contributed by atoms with Crippen molar-refractivity contribution in [3.05, 3.63) is 94.8 Å². The van der Waals surface area contributed by atoms with E-state index in [1.165, 1.54) is 4.68 Å². The van der Waals surface area contributed by atoms with E-state index in [2.05, 4.69) is 43.9 Å². The maximum absolute atomic E-state index is 13.3. The van der Waals surface area contributed by atoms with Gasteiger partial charge in [-0.15, -0.1) is 0 Å². The minimum Gasteiger partial charge on any atom is -0.493 e. The number of fused-ring (bicyclic) bond motifs is 1. The van der Waals surface area contributed by atoms with Gasteiger partial charge in [0.1, 0.15) is 12.4 Å². The Kier molecular flexibility index (Phi) is 9.29. The van der Waals surface area contributed by atoms with Gasteiger partial charge in [-0.3, -0.25) is 4.79 Å². The number of nitrogens with zero attached hydrogens (tertiary/aromatic N) is 3. The molecule has 6 nitrogen and oxygen atoms in total. The third-order valence-electron chi connectivity index (χ3n) is 5.62. The van der Waals surface area contributed by atoms with E-state index < -0.39 is 0 Å². The summed E-state index contributed by atoms with van der Waals surface area (Å²) in [6, 6.07) is 14.3. The van der Waals surface area contributed by atoms with Crippen LogP contribution in [0.4, 0.5) is 0 Å². The molecule has 4 rings (SSSR count). The fourth-order valence-electron chi connectivity index (χ4n) is 3.65. The summed E-state index contributed by atoms with van der Waals surface area (Å²) in [5.41, 5.74) is 1.92. The molecule has 0 amide bonds. The number of halogens is 4. The number of aryl methyl sites for hydroxylation is 1. The molecule has 0 fully saturated rings. The SMILES string of the molecule is CCCCc1nc2ccc(Br)cc2c(=O)n1N=Cc1cc(OC)c(OCc2ccc(Cl)cc2Cl)cc1Br. The van der Waals surface area contributed by atoms with Crippen LogP contribution in [-0.2, 0) is 13.0 Å². The Morgan fingerprint density at radius 3 is 2.62 bits per heavy atom. The quantitative estimate of drug-likeness (QED) is 0.170. The number of benzene rings is 3. The highest BCUT2D eigenvalue weighted by Crippen LogP contribution is 2.34. The van der Waals surface area contributed by atoms with E-state index in [1.54, 1.807) is 43.7 Å². The van der Waals surface area contributed by atoms with Gasteiger partial charge in [0.15, 0.2) is 11.5 Å². The van der Waals surface area contributed by atoms with Crippen LogP contribution in [0, 0.1) is 0 Å². The molecule has 0 aliphatic carbocycles. The van der Waals surface area contributed by atoms with Crippen molar-refractivity contribution in [1.82, 2.24) is 9.66 Å². The average molecular weight is 668 g/mol. The Morgan fingerprint density at radius 2 is 1.89 bits per heavy atom. The van der Waals surface area contributed by atoms with Crippen LogP contribution in [0.3, 0.4) is 0 Å². The second-order valence-corrected chi connectivity index (χ2v) is 10.8. The van der Waals surface area contributed by atoms with E-state index >= 15 is 0 Å². The van der Waals surface area contributed by atoms with Gasteiger partial charge in [-0.25, -0.2) is 4.98 Å². The first-order chi connectivity index (χ1) is 17.8. The fourth-order valence-corrected chi connectivity index (χ4v) is 4.90. The summed E-state index contributed by atoms with van der Waals surface area (Å²) in [5, 5.41) is 6.11. The molecule has 0 saturated heterocycles. The molecule has 3 aromatic carbocycles. The van der Waals surface area contributed by atoms with Crippen molar-refractivity contribution < 1.29 is 9.47 Å². The molecular weight excluding hydrogens is 645 g/mol. The number of hydrogen-bond donors (Lipinski definition) is 0. The minimum atomic E-state index is -0.225. The van der Waals surface area contributed by atoms with Crippen molar-refractivity contribution in [2.75, 3.05) is 7.11 Å². The molecule has 0 spiro atoms. The average Bonchev–Trinajstić information content (AvgIpc) is 2.87. The van der Waals surface area contributed by atoms with Crippen LogP contribution >= 0.6 is 55.1 Å². The zero-order valence-corrected chi connectivity index (χ0v) is 24.8. The van der Waals surface area contributed by atoms with Crippen molar-refractivity contribution in [1.29, 1.82) is 0 Å². The van der Waals surface area contributed by atoms with Crippen LogP contribution in [0.1, 0.15) is 36.7 Å². The van der Waals surface area contributed by atoms with E-state index in [-0.39, 0.29) is 12.2 Å². The molecule has 0 bridgehead atoms. The van der Waals surface area contributed by atoms with Crippen LogP contribution in [-0.4, -0.2) is 23.0 Å². The molecule has 0 unspecified atom stereocenters. The van der Waals surface area contributed by atoms with E-state index in [4.69, 9.17) is 37.7 Å². The van der Waals surface area contributed by atoms with Gasteiger partial charge in [-0.05, 0) is 64.8 Å². The molecule has 1 heterocycles. The summed E-state index contributed by atoms with van der Waals surface area (Å²) in [7, 11) is 1.56. The Bertz CT molecular complexity index is 1540. The number of methoxy groups -OCH3 is 1. The summed E-state index contributed by atoms with van der Waals surface area (Å²) in [4.78, 5) is 18.0. The van der Waals surface area contributed by atoms with Crippen LogP contribution < -0.4 is 15.0 Å². The van der Waals surface area contributed by atoms with Crippen molar-refractivity contribution in [3.8, 4) is 11.5 Å². The van der Waals surface area contributed by atoms with Gasteiger partial charge in [-0.1, -0.05) is 58.5 Å². The monoisotopic (exact) mass is 665 g/mol. The summed E-state index contributed by atoms with van der Waals surface area (Å²) in [6.07, 6.45) is 4.11. The maximum Gasteiger partial charge on any atom is 0.282 e. The second kappa shape index (κ2) is 12.4. The molecule has 0 saturated carbocycles. The molecule has 1 aromatic heterocycles. The number of ether oxygens (including phenoxy) is 2. The summed E-state index contributed by atoms with van der Waals surface area (Å²) < 4.78 is 14.4. The van der Waals surface area contributed by atoms with E-state index in [9.17, 15) is 4.79 Å². The molecule has 0 N–H and O–H groups in total. The number of rotatable bonds is 9. The Balaban J connectivity index is 1.67. The lowest BCUT2D eigenvalue weighted by Gasteiger charge is -2.14. The highest BCUT2D eigenvalue weighted by molar-refractivity contribution is 9.10. The molecular formula is C27H23Br2Cl2N3O3. The van der Waals surface area contributed by atoms with E-state index in [0.717, 1.165) is 22.9 Å². The van der Waals surface area contributed by atoms with Gasteiger partial charge in [0.25, 0.3) is 5.56 Å². The predicted octanol–water partition coefficient (Wildman–Crippen LogP) is 8.04. The lowest BCUT2D eigenvalue weighted by Crippen LogP contribution is -2.22. The molecule has 0 aliphatic heterocycles. The highest BCUT2D eigenvalue weighted by atomic mass is 79.9. The summed E-state index contributed by atoms with van der Waals surface area (Å²) in [6.45, 7) is 2.33. The van der Waals surface area contributed by atoms with Crippen LogP contribution in [0.5, 0.6) is 11.5 Å². The first-order valence-corrected chi connectivity index (χ1v) is 13.8. The van der Waals surface area contributed by atoms with Crippen molar-refractivity contribution in [3.63, 3.8) is 0 Å². The Hall–Kier alpha value is -2.39. The van der Waals surface area contributed by atoms with Crippen LogP contribution in [0.25, 0.3) is 10.9 Å². The maximum atomic E-state index is 13.3. The molecule has 0 aliphatic rings. The van der Waals surface area contributed by atoms with Crippen molar-refractivity contribution >= 4 is 72.2 Å². The van der Waals surface area contributed by atoms with E-state index in [0.29, 0.717) is 54.7 Å². The fraction of sp³-hybridized carbons (Fsp3) is 0.222. The first kappa shape index (κ1) is 27.6. The normalized spacial score (nSPS) is 11.4. The summed E-state index contributed by atoms with van der Waals surface area (Å²) >= 11 is 19.3. The highest BCUT2D eigenvalue weighted by Gasteiger charge is 2.13. The Labute approximate surface area is 241 Å². The third-order valence-corrected chi connectivity index (χ3v) is 7.39. The van der Waals surface area contributed by atoms with Crippen molar-refractivity contribution in [2.24, 2.45) is 5.10 Å². The Morgan fingerprint density at radius 1 is 1.08 bits per heavy atom. The smallest absolute Gasteiger partial charge is 0.282 e. The minimum absolute atomic E-state index is 0.225. The van der Waals surface area contributed by atoms with Gasteiger partial charge in [-0.2, -0.15) is 9.78 Å². The zero-order chi connectivity index (χ0) is 26.5. The van der Waals surface area contributed by atoms with Gasteiger partial charge in [0.2, 0.25) is 0 Å². The predicted molar refractivity (Wildman–Crippen MR) is 157 cm³/mol. The largest absolute Gasteiger partial charge is 0.493 e. The molecule has 192 valence electrons. The molecule has 37 heavy (non-hydrogen) atoms. The van der Waals surface area contributed by atoms with Crippen molar-refractivity contribution in [2.45, 2.75) is 32.8 Å². The number of aromatic nitrogens is 2. The molecule has 0 atom stereocenters. The van der Waals surface area contributed by atoms with E-state index in [1.807, 2.05) is 18.2 Å².